The molecule has 0 aliphatic rings. The van der Waals surface area contributed by atoms with Gasteiger partial charge in [0.1, 0.15) is 0 Å². The third-order valence-corrected chi connectivity index (χ3v) is 2.70. The van der Waals surface area contributed by atoms with E-state index >= 15 is 0 Å². The summed E-state index contributed by atoms with van der Waals surface area (Å²) in [6, 6.07) is 3.82. The van der Waals surface area contributed by atoms with Crippen LogP contribution in [-0.2, 0) is 5.41 Å². The molecule has 1 aromatic heterocycles. The molecule has 0 unspecified atom stereocenters. The Morgan fingerprint density at radius 1 is 1.43 bits per heavy atom. The van der Waals surface area contributed by atoms with Gasteiger partial charge in [-0.1, -0.05) is 39.7 Å². The molecule has 0 spiro atoms. The fraction of sp³-hybridized carbons (Fsp3) is 0.583. The Kier molecular flexibility index (Phi) is 3.50. The minimum absolute atomic E-state index is 0.00907. The van der Waals surface area contributed by atoms with E-state index in [0.29, 0.717) is 0 Å². The largest absolute Gasteiger partial charge is 0.329 e. The standard InChI is InChI=1S/C12H19NO/c1-4-5-8-12(2,3)10-7-6-9-13-11(10)14/h6-7,9H,4-5,8H2,1-3H3,(H,13,14). The van der Waals surface area contributed by atoms with Crippen molar-refractivity contribution < 1.29 is 0 Å². The average Bonchev–Trinajstić information content (AvgIpc) is 2.15. The van der Waals surface area contributed by atoms with Gasteiger partial charge in [-0.15, -0.1) is 0 Å². The molecule has 14 heavy (non-hydrogen) atoms. The molecular weight excluding hydrogens is 174 g/mol. The second kappa shape index (κ2) is 4.45. The highest BCUT2D eigenvalue weighted by Crippen LogP contribution is 2.25. The van der Waals surface area contributed by atoms with E-state index in [4.69, 9.17) is 0 Å². The van der Waals surface area contributed by atoms with E-state index in [9.17, 15) is 4.79 Å². The topological polar surface area (TPSA) is 32.9 Å². The van der Waals surface area contributed by atoms with Gasteiger partial charge < -0.3 is 4.98 Å². The van der Waals surface area contributed by atoms with Crippen molar-refractivity contribution in [1.29, 1.82) is 0 Å². The molecule has 0 saturated carbocycles. The smallest absolute Gasteiger partial charge is 0.251 e. The Morgan fingerprint density at radius 2 is 2.14 bits per heavy atom. The number of nitrogens with one attached hydrogen (secondary N) is 1. The van der Waals surface area contributed by atoms with Gasteiger partial charge in [-0.25, -0.2) is 0 Å². The molecule has 1 rings (SSSR count). The predicted molar refractivity (Wildman–Crippen MR) is 59.6 cm³/mol. The average molecular weight is 193 g/mol. The highest BCUT2D eigenvalue weighted by molar-refractivity contribution is 5.19. The van der Waals surface area contributed by atoms with Crippen LogP contribution in [0.25, 0.3) is 0 Å². The van der Waals surface area contributed by atoms with Crippen molar-refractivity contribution in [2.45, 2.75) is 45.4 Å². The number of pyridine rings is 1. The molecule has 0 bridgehead atoms. The third-order valence-electron chi connectivity index (χ3n) is 2.70. The lowest BCUT2D eigenvalue weighted by atomic mass is 9.81. The van der Waals surface area contributed by atoms with E-state index in [1.807, 2.05) is 12.1 Å². The van der Waals surface area contributed by atoms with E-state index in [1.165, 1.54) is 12.8 Å². The molecule has 0 fully saturated rings. The van der Waals surface area contributed by atoms with Crippen molar-refractivity contribution in [3.8, 4) is 0 Å². The number of rotatable bonds is 4. The van der Waals surface area contributed by atoms with Crippen LogP contribution in [-0.4, -0.2) is 4.98 Å². The van der Waals surface area contributed by atoms with Crippen molar-refractivity contribution in [3.05, 3.63) is 34.2 Å². The van der Waals surface area contributed by atoms with E-state index in [0.717, 1.165) is 12.0 Å². The highest BCUT2D eigenvalue weighted by atomic mass is 16.1. The lowest BCUT2D eigenvalue weighted by Crippen LogP contribution is -2.26. The highest BCUT2D eigenvalue weighted by Gasteiger charge is 2.22. The molecule has 1 aromatic rings. The molecule has 0 aliphatic carbocycles. The van der Waals surface area contributed by atoms with Gasteiger partial charge in [-0.3, -0.25) is 4.79 Å². The molecule has 1 N–H and O–H groups in total. The summed E-state index contributed by atoms with van der Waals surface area (Å²) in [6.45, 7) is 6.44. The van der Waals surface area contributed by atoms with Gasteiger partial charge >= 0.3 is 0 Å². The summed E-state index contributed by atoms with van der Waals surface area (Å²) >= 11 is 0. The molecule has 0 atom stereocenters. The van der Waals surface area contributed by atoms with Gasteiger partial charge in [-0.05, 0) is 17.9 Å². The fourth-order valence-corrected chi connectivity index (χ4v) is 1.71. The van der Waals surface area contributed by atoms with Crippen LogP contribution in [0.15, 0.2) is 23.1 Å². The molecule has 2 heteroatoms. The van der Waals surface area contributed by atoms with Crippen molar-refractivity contribution in [3.63, 3.8) is 0 Å². The molecule has 0 aromatic carbocycles. The summed E-state index contributed by atoms with van der Waals surface area (Å²) in [5, 5.41) is 0. The van der Waals surface area contributed by atoms with Crippen molar-refractivity contribution in [2.75, 3.05) is 0 Å². The molecule has 0 saturated heterocycles. The van der Waals surface area contributed by atoms with Crippen molar-refractivity contribution >= 4 is 0 Å². The zero-order valence-corrected chi connectivity index (χ0v) is 9.26. The van der Waals surface area contributed by atoms with Crippen LogP contribution in [0.3, 0.4) is 0 Å². The summed E-state index contributed by atoms with van der Waals surface area (Å²) < 4.78 is 0. The lowest BCUT2D eigenvalue weighted by Gasteiger charge is -2.23. The Labute approximate surface area is 85.4 Å². The van der Waals surface area contributed by atoms with Crippen LogP contribution in [0.2, 0.25) is 0 Å². The van der Waals surface area contributed by atoms with Crippen LogP contribution in [0, 0.1) is 0 Å². The summed E-state index contributed by atoms with van der Waals surface area (Å²) in [5.74, 6) is 0. The predicted octanol–water partition coefficient (Wildman–Crippen LogP) is 2.84. The summed E-state index contributed by atoms with van der Waals surface area (Å²) in [7, 11) is 0. The minimum atomic E-state index is -0.00907. The molecule has 0 amide bonds. The van der Waals surface area contributed by atoms with Crippen molar-refractivity contribution in [1.82, 2.24) is 4.98 Å². The Hall–Kier alpha value is -1.05. The Bertz CT molecular complexity index is 338. The first kappa shape index (κ1) is 11.0. The molecule has 0 aliphatic heterocycles. The number of hydrogen-bond donors (Lipinski definition) is 1. The number of H-pyrrole nitrogens is 1. The Balaban J connectivity index is 2.92. The first-order valence-electron chi connectivity index (χ1n) is 5.26. The monoisotopic (exact) mass is 193 g/mol. The number of hydrogen-bond acceptors (Lipinski definition) is 1. The van der Waals surface area contributed by atoms with E-state index in [2.05, 4.69) is 25.8 Å². The number of aromatic amines is 1. The number of aromatic nitrogens is 1. The summed E-state index contributed by atoms with van der Waals surface area (Å²) in [4.78, 5) is 14.3. The van der Waals surface area contributed by atoms with Crippen molar-refractivity contribution in [2.24, 2.45) is 0 Å². The lowest BCUT2D eigenvalue weighted by molar-refractivity contribution is 0.453. The van der Waals surface area contributed by atoms with E-state index < -0.39 is 0 Å². The van der Waals surface area contributed by atoms with Gasteiger partial charge in [0.05, 0.1) is 0 Å². The van der Waals surface area contributed by atoms with Crippen LogP contribution in [0.1, 0.15) is 45.6 Å². The van der Waals surface area contributed by atoms with Crippen LogP contribution in [0.4, 0.5) is 0 Å². The molecule has 78 valence electrons. The second-order valence-corrected chi connectivity index (χ2v) is 4.40. The maximum Gasteiger partial charge on any atom is 0.251 e. The molecule has 0 radical (unpaired) electrons. The molecular formula is C12H19NO. The first-order chi connectivity index (χ1) is 6.58. The van der Waals surface area contributed by atoms with E-state index in [-0.39, 0.29) is 11.0 Å². The van der Waals surface area contributed by atoms with Gasteiger partial charge in [0.2, 0.25) is 0 Å². The van der Waals surface area contributed by atoms with Gasteiger partial charge in [0.25, 0.3) is 5.56 Å². The molecule has 1 heterocycles. The van der Waals surface area contributed by atoms with Crippen LogP contribution < -0.4 is 5.56 Å². The summed E-state index contributed by atoms with van der Waals surface area (Å²) in [6.07, 6.45) is 5.09. The minimum Gasteiger partial charge on any atom is -0.329 e. The van der Waals surface area contributed by atoms with Gasteiger partial charge in [-0.2, -0.15) is 0 Å². The maximum atomic E-state index is 11.6. The zero-order chi connectivity index (χ0) is 10.6. The maximum absolute atomic E-state index is 11.6. The third kappa shape index (κ3) is 2.47. The SMILES string of the molecule is CCCCC(C)(C)c1ccc[nH]c1=O. The van der Waals surface area contributed by atoms with E-state index in [1.54, 1.807) is 6.20 Å². The fourth-order valence-electron chi connectivity index (χ4n) is 1.71. The molecule has 2 nitrogen and oxygen atoms in total. The zero-order valence-electron chi connectivity index (χ0n) is 9.26. The van der Waals surface area contributed by atoms with Crippen LogP contribution >= 0.6 is 0 Å². The summed E-state index contributed by atoms with van der Waals surface area (Å²) in [5.41, 5.74) is 0.937. The first-order valence-corrected chi connectivity index (χ1v) is 5.26. The second-order valence-electron chi connectivity index (χ2n) is 4.40. The van der Waals surface area contributed by atoms with Crippen LogP contribution in [0.5, 0.6) is 0 Å². The number of unbranched alkanes of at least 4 members (excludes halogenated alkanes) is 1. The quantitative estimate of drug-likeness (QED) is 0.783. The Morgan fingerprint density at radius 3 is 2.71 bits per heavy atom. The van der Waals surface area contributed by atoms with Gasteiger partial charge in [0, 0.05) is 11.8 Å². The normalized spacial score (nSPS) is 11.6. The van der Waals surface area contributed by atoms with Gasteiger partial charge in [0.15, 0.2) is 0 Å².